The molecule has 0 atom stereocenters. The second-order valence-corrected chi connectivity index (χ2v) is 7.05. The molecule has 0 radical (unpaired) electrons. The molecule has 0 saturated carbocycles. The summed E-state index contributed by atoms with van der Waals surface area (Å²) in [6.45, 7) is 0.383. The van der Waals surface area contributed by atoms with E-state index >= 15 is 0 Å². The van der Waals surface area contributed by atoms with E-state index in [1.807, 2.05) is 91.0 Å². The topological polar surface area (TPSA) is 83.3 Å². The van der Waals surface area contributed by atoms with Crippen LogP contribution in [0, 0.1) is 0 Å². The smallest absolute Gasteiger partial charge is 0.361 e. The lowest BCUT2D eigenvalue weighted by Crippen LogP contribution is -2.18. The summed E-state index contributed by atoms with van der Waals surface area (Å²) in [5.41, 5.74) is 2.35. The Labute approximate surface area is 185 Å². The molecule has 0 spiro atoms. The number of ether oxygens (including phenoxy) is 2. The van der Waals surface area contributed by atoms with E-state index in [9.17, 15) is 9.59 Å². The van der Waals surface area contributed by atoms with E-state index in [4.69, 9.17) is 9.47 Å². The van der Waals surface area contributed by atoms with Gasteiger partial charge in [0.25, 0.3) is 0 Å². The van der Waals surface area contributed by atoms with Crippen LogP contribution in [-0.4, -0.2) is 26.9 Å². The molecule has 0 bridgehead atoms. The molecule has 0 saturated heterocycles. The maximum atomic E-state index is 13.0. The van der Waals surface area contributed by atoms with E-state index in [-0.39, 0.29) is 31.1 Å². The second-order valence-electron chi connectivity index (χ2n) is 7.05. The molecule has 0 unspecified atom stereocenters. The summed E-state index contributed by atoms with van der Waals surface area (Å²) in [6.07, 6.45) is 0. The minimum atomic E-state index is -0.736. The van der Waals surface area contributed by atoms with E-state index in [1.54, 1.807) is 0 Å². The molecule has 0 aliphatic heterocycles. The number of nitrogens with zero attached hydrogens (tertiary/aromatic N) is 3. The highest BCUT2D eigenvalue weighted by atomic mass is 16.5. The van der Waals surface area contributed by atoms with Crippen molar-refractivity contribution in [3.63, 3.8) is 0 Å². The molecule has 0 amide bonds. The Bertz CT molecular complexity index is 1180. The van der Waals surface area contributed by atoms with Gasteiger partial charge in [0.1, 0.15) is 13.2 Å². The summed E-state index contributed by atoms with van der Waals surface area (Å²) in [6, 6.07) is 28.0. The van der Waals surface area contributed by atoms with Crippen molar-refractivity contribution < 1.29 is 19.1 Å². The number of hydrogen-bond acceptors (Lipinski definition) is 6. The van der Waals surface area contributed by atoms with E-state index in [1.165, 1.54) is 4.68 Å². The van der Waals surface area contributed by atoms with Crippen molar-refractivity contribution in [2.75, 3.05) is 0 Å². The van der Waals surface area contributed by atoms with Crippen LogP contribution in [0.15, 0.2) is 91.0 Å². The Morgan fingerprint density at radius 2 is 1.12 bits per heavy atom. The van der Waals surface area contributed by atoms with Crippen LogP contribution in [-0.2, 0) is 29.2 Å². The molecule has 32 heavy (non-hydrogen) atoms. The van der Waals surface area contributed by atoms with Crippen molar-refractivity contribution in [2.24, 2.45) is 0 Å². The molecular formula is C25H21N3O4. The third-order valence-electron chi connectivity index (χ3n) is 4.72. The van der Waals surface area contributed by atoms with Gasteiger partial charge in [0.15, 0.2) is 5.69 Å². The number of benzene rings is 3. The van der Waals surface area contributed by atoms with E-state index < -0.39 is 11.9 Å². The molecule has 0 aliphatic rings. The molecule has 3 aromatic carbocycles. The first-order valence-electron chi connectivity index (χ1n) is 10.1. The first-order valence-corrected chi connectivity index (χ1v) is 10.1. The van der Waals surface area contributed by atoms with Crippen LogP contribution in [0.3, 0.4) is 0 Å². The van der Waals surface area contributed by atoms with Crippen LogP contribution in [0.25, 0.3) is 0 Å². The summed E-state index contributed by atoms with van der Waals surface area (Å²) in [5.74, 6) is -1.43. The lowest BCUT2D eigenvalue weighted by molar-refractivity contribution is 0.0413. The molecule has 0 fully saturated rings. The van der Waals surface area contributed by atoms with Gasteiger partial charge in [-0.05, 0) is 16.7 Å². The van der Waals surface area contributed by atoms with Crippen molar-refractivity contribution in [2.45, 2.75) is 19.8 Å². The first kappa shape index (κ1) is 21.0. The van der Waals surface area contributed by atoms with Crippen molar-refractivity contribution in [1.82, 2.24) is 15.0 Å². The lowest BCUT2D eigenvalue weighted by Gasteiger charge is -2.09. The van der Waals surface area contributed by atoms with Gasteiger partial charge in [-0.25, -0.2) is 14.3 Å². The number of carbonyl (C=O) groups excluding carboxylic acids is 2. The van der Waals surface area contributed by atoms with Gasteiger partial charge in [-0.2, -0.15) is 0 Å². The monoisotopic (exact) mass is 427 g/mol. The van der Waals surface area contributed by atoms with Crippen LogP contribution in [0.5, 0.6) is 0 Å². The summed E-state index contributed by atoms with van der Waals surface area (Å²) < 4.78 is 12.2. The van der Waals surface area contributed by atoms with Gasteiger partial charge in [0.2, 0.25) is 5.69 Å². The average Bonchev–Trinajstić information content (AvgIpc) is 3.26. The highest BCUT2D eigenvalue weighted by Gasteiger charge is 2.28. The van der Waals surface area contributed by atoms with Crippen LogP contribution in [0.4, 0.5) is 0 Å². The highest BCUT2D eigenvalue weighted by molar-refractivity contribution is 6.00. The number of carbonyl (C=O) groups is 2. The number of rotatable bonds is 8. The normalized spacial score (nSPS) is 10.5. The minimum Gasteiger partial charge on any atom is -0.456 e. The second kappa shape index (κ2) is 10.2. The van der Waals surface area contributed by atoms with Gasteiger partial charge in [0, 0.05) is 0 Å². The molecule has 7 nitrogen and oxygen atoms in total. The molecule has 0 N–H and O–H groups in total. The Balaban J connectivity index is 1.56. The van der Waals surface area contributed by atoms with E-state index in [2.05, 4.69) is 10.3 Å². The Morgan fingerprint density at radius 3 is 1.66 bits per heavy atom. The summed E-state index contributed by atoms with van der Waals surface area (Å²) in [5, 5.41) is 7.97. The van der Waals surface area contributed by atoms with Crippen LogP contribution < -0.4 is 0 Å². The first-order chi connectivity index (χ1) is 15.7. The number of esters is 2. The predicted octanol–water partition coefficient (Wildman–Crippen LogP) is 4.04. The molecular weight excluding hydrogens is 406 g/mol. The van der Waals surface area contributed by atoms with Crippen LogP contribution in [0.2, 0.25) is 0 Å². The zero-order valence-electron chi connectivity index (χ0n) is 17.3. The summed E-state index contributed by atoms with van der Waals surface area (Å²) in [4.78, 5) is 25.7. The van der Waals surface area contributed by atoms with Crippen molar-refractivity contribution in [1.29, 1.82) is 0 Å². The van der Waals surface area contributed by atoms with Gasteiger partial charge in [-0.15, -0.1) is 5.10 Å². The maximum Gasteiger partial charge on any atom is 0.361 e. The lowest BCUT2D eigenvalue weighted by atomic mass is 10.2. The van der Waals surface area contributed by atoms with Gasteiger partial charge in [0.05, 0.1) is 6.54 Å². The zero-order chi connectivity index (χ0) is 22.2. The standard InChI is InChI=1S/C25H21N3O4/c29-24(31-17-20-12-6-2-7-13-20)22-23(25(30)32-18-21-14-8-3-9-15-21)28(27-26-22)16-19-10-4-1-5-11-19/h1-15H,16-18H2. The predicted molar refractivity (Wildman–Crippen MR) is 117 cm³/mol. The molecule has 1 heterocycles. The van der Waals surface area contributed by atoms with Crippen molar-refractivity contribution in [3.8, 4) is 0 Å². The fraction of sp³-hybridized carbons (Fsp3) is 0.120. The fourth-order valence-corrected chi connectivity index (χ4v) is 3.10. The molecule has 160 valence electrons. The average molecular weight is 427 g/mol. The van der Waals surface area contributed by atoms with Crippen molar-refractivity contribution in [3.05, 3.63) is 119 Å². The Hall–Kier alpha value is -4.26. The number of hydrogen-bond donors (Lipinski definition) is 0. The Kier molecular flexibility index (Phi) is 6.67. The van der Waals surface area contributed by atoms with Gasteiger partial charge in [-0.1, -0.05) is 96.2 Å². The minimum absolute atomic E-state index is 0.0390. The molecule has 1 aromatic heterocycles. The molecule has 4 aromatic rings. The van der Waals surface area contributed by atoms with E-state index in [0.29, 0.717) is 0 Å². The Morgan fingerprint density at radius 1 is 0.656 bits per heavy atom. The van der Waals surface area contributed by atoms with Gasteiger partial charge >= 0.3 is 11.9 Å². The third-order valence-corrected chi connectivity index (χ3v) is 4.72. The highest BCUT2D eigenvalue weighted by Crippen LogP contribution is 2.14. The molecule has 4 rings (SSSR count). The molecule has 7 heteroatoms. The maximum absolute atomic E-state index is 13.0. The summed E-state index contributed by atoms with van der Waals surface area (Å²) in [7, 11) is 0. The van der Waals surface area contributed by atoms with Gasteiger partial charge < -0.3 is 9.47 Å². The zero-order valence-corrected chi connectivity index (χ0v) is 17.3. The fourth-order valence-electron chi connectivity index (χ4n) is 3.10. The van der Waals surface area contributed by atoms with Gasteiger partial charge in [-0.3, -0.25) is 0 Å². The molecule has 0 aliphatic carbocycles. The summed E-state index contributed by atoms with van der Waals surface area (Å²) >= 11 is 0. The largest absolute Gasteiger partial charge is 0.456 e. The SMILES string of the molecule is O=C(OCc1ccccc1)c1nnn(Cc2ccccc2)c1C(=O)OCc1ccccc1. The van der Waals surface area contributed by atoms with E-state index in [0.717, 1.165) is 16.7 Å². The van der Waals surface area contributed by atoms with Crippen LogP contribution >= 0.6 is 0 Å². The van der Waals surface area contributed by atoms with Crippen molar-refractivity contribution >= 4 is 11.9 Å². The number of aromatic nitrogens is 3. The quantitative estimate of drug-likeness (QED) is 0.395. The third kappa shape index (κ3) is 5.26. The van der Waals surface area contributed by atoms with Crippen LogP contribution in [0.1, 0.15) is 37.7 Å².